The molecule has 1 atom stereocenters. The van der Waals surface area contributed by atoms with Gasteiger partial charge in [0.15, 0.2) is 5.76 Å². The van der Waals surface area contributed by atoms with E-state index < -0.39 is 11.9 Å². The number of likely N-dealkylation sites (tertiary alicyclic amines) is 1. The summed E-state index contributed by atoms with van der Waals surface area (Å²) in [5.74, 6) is 1.04. The molecular formula is C21H26N2O4. The zero-order chi connectivity index (χ0) is 19.2. The van der Waals surface area contributed by atoms with Gasteiger partial charge in [0.1, 0.15) is 24.2 Å². The number of rotatable bonds is 6. The van der Waals surface area contributed by atoms with E-state index in [0.717, 1.165) is 43.7 Å². The Labute approximate surface area is 159 Å². The maximum absolute atomic E-state index is 12.4. The Kier molecular flexibility index (Phi) is 6.16. The number of piperidine rings is 1. The highest BCUT2D eigenvalue weighted by Gasteiger charge is 2.24. The molecule has 2 aromatic rings. The minimum Gasteiger partial charge on any atom is -0.486 e. The molecule has 1 saturated heterocycles. The third-order valence-electron chi connectivity index (χ3n) is 4.64. The average molecular weight is 370 g/mol. The maximum Gasteiger partial charge on any atom is 0.287 e. The number of nitrogens with zero attached hydrogens (tertiary/aromatic N) is 1. The second kappa shape index (κ2) is 8.75. The number of hydrogen-bond donors (Lipinski definition) is 1. The number of carbonyl (C=O) groups excluding carboxylic acids is 2. The second-order valence-electron chi connectivity index (χ2n) is 6.95. The molecule has 1 fully saturated rings. The summed E-state index contributed by atoms with van der Waals surface area (Å²) in [6.07, 6.45) is 3.20. The van der Waals surface area contributed by atoms with Crippen molar-refractivity contribution in [2.75, 3.05) is 13.1 Å². The van der Waals surface area contributed by atoms with Gasteiger partial charge in [0.05, 0.1) is 0 Å². The lowest BCUT2D eigenvalue weighted by atomic mass is 10.1. The molecule has 144 valence electrons. The molecular weight excluding hydrogens is 344 g/mol. The zero-order valence-electron chi connectivity index (χ0n) is 15.9. The summed E-state index contributed by atoms with van der Waals surface area (Å²) in [7, 11) is 0. The van der Waals surface area contributed by atoms with Crippen LogP contribution in [-0.4, -0.2) is 35.8 Å². The van der Waals surface area contributed by atoms with E-state index in [9.17, 15) is 9.59 Å². The lowest BCUT2D eigenvalue weighted by molar-refractivity contribution is -0.133. The number of aryl methyl sites for hydroxylation is 1. The lowest BCUT2D eigenvalue weighted by Crippen LogP contribution is -2.48. The predicted octanol–water partition coefficient (Wildman–Crippen LogP) is 3.30. The Balaban J connectivity index is 1.52. The molecule has 0 spiro atoms. The molecule has 1 aromatic heterocycles. The van der Waals surface area contributed by atoms with Crippen molar-refractivity contribution in [1.82, 2.24) is 10.2 Å². The van der Waals surface area contributed by atoms with Gasteiger partial charge in [-0.05, 0) is 62.9 Å². The van der Waals surface area contributed by atoms with E-state index in [-0.39, 0.29) is 18.3 Å². The number of nitrogens with one attached hydrogen (secondary N) is 1. The number of benzene rings is 1. The molecule has 0 radical (unpaired) electrons. The highest BCUT2D eigenvalue weighted by Crippen LogP contribution is 2.16. The van der Waals surface area contributed by atoms with E-state index in [1.165, 1.54) is 0 Å². The van der Waals surface area contributed by atoms with Crippen LogP contribution in [0.4, 0.5) is 0 Å². The van der Waals surface area contributed by atoms with Gasteiger partial charge in [0, 0.05) is 13.1 Å². The van der Waals surface area contributed by atoms with Gasteiger partial charge >= 0.3 is 0 Å². The van der Waals surface area contributed by atoms with Crippen molar-refractivity contribution in [1.29, 1.82) is 0 Å². The molecule has 0 bridgehead atoms. The van der Waals surface area contributed by atoms with Crippen molar-refractivity contribution in [2.24, 2.45) is 0 Å². The van der Waals surface area contributed by atoms with Gasteiger partial charge in [-0.15, -0.1) is 0 Å². The first kappa shape index (κ1) is 19.0. The Morgan fingerprint density at radius 3 is 2.70 bits per heavy atom. The maximum atomic E-state index is 12.4. The average Bonchev–Trinajstić information content (AvgIpc) is 3.16. The van der Waals surface area contributed by atoms with Crippen LogP contribution < -0.4 is 10.1 Å². The van der Waals surface area contributed by atoms with E-state index >= 15 is 0 Å². The van der Waals surface area contributed by atoms with Crippen LogP contribution in [0.2, 0.25) is 0 Å². The fourth-order valence-corrected chi connectivity index (χ4v) is 3.15. The highest BCUT2D eigenvalue weighted by atomic mass is 16.5. The van der Waals surface area contributed by atoms with Gasteiger partial charge in [-0.25, -0.2) is 0 Å². The molecule has 6 heteroatoms. The standard InChI is InChI=1S/C21H26N2O4/c1-15-7-6-8-17(13-15)26-14-18-9-10-19(27-18)20(24)22-16(2)21(25)23-11-4-3-5-12-23/h6-10,13,16H,3-5,11-12,14H2,1-2H3,(H,22,24). The predicted molar refractivity (Wildman–Crippen MR) is 102 cm³/mol. The van der Waals surface area contributed by atoms with Gasteiger partial charge in [0.2, 0.25) is 5.91 Å². The van der Waals surface area contributed by atoms with Gasteiger partial charge in [0.25, 0.3) is 5.91 Å². The first-order chi connectivity index (χ1) is 13.0. The van der Waals surface area contributed by atoms with Crippen molar-refractivity contribution in [3.8, 4) is 5.75 Å². The molecule has 1 aliphatic heterocycles. The number of hydrogen-bond acceptors (Lipinski definition) is 4. The van der Waals surface area contributed by atoms with Crippen LogP contribution in [-0.2, 0) is 11.4 Å². The van der Waals surface area contributed by atoms with Gasteiger partial charge in [-0.3, -0.25) is 9.59 Å². The Morgan fingerprint density at radius 1 is 1.19 bits per heavy atom. The van der Waals surface area contributed by atoms with Crippen molar-refractivity contribution in [2.45, 2.75) is 45.8 Å². The molecule has 0 saturated carbocycles. The van der Waals surface area contributed by atoms with Crippen LogP contribution in [0.3, 0.4) is 0 Å². The van der Waals surface area contributed by atoms with Crippen LogP contribution in [0.15, 0.2) is 40.8 Å². The summed E-state index contributed by atoms with van der Waals surface area (Å²) >= 11 is 0. The molecule has 0 aliphatic carbocycles. The SMILES string of the molecule is Cc1cccc(OCc2ccc(C(=O)NC(C)C(=O)N3CCCCC3)o2)c1. The summed E-state index contributed by atoms with van der Waals surface area (Å²) in [4.78, 5) is 26.6. The fraction of sp³-hybridized carbons (Fsp3) is 0.429. The van der Waals surface area contributed by atoms with Crippen LogP contribution in [0, 0.1) is 6.92 Å². The summed E-state index contributed by atoms with van der Waals surface area (Å²) in [5, 5.41) is 2.72. The fourth-order valence-electron chi connectivity index (χ4n) is 3.15. The third kappa shape index (κ3) is 5.12. The molecule has 3 rings (SSSR count). The third-order valence-corrected chi connectivity index (χ3v) is 4.64. The van der Waals surface area contributed by atoms with E-state index in [2.05, 4.69) is 5.32 Å². The molecule has 1 N–H and O–H groups in total. The van der Waals surface area contributed by atoms with E-state index in [0.29, 0.717) is 5.76 Å². The van der Waals surface area contributed by atoms with Crippen LogP contribution in [0.25, 0.3) is 0 Å². The normalized spacial score (nSPS) is 15.3. The summed E-state index contributed by atoms with van der Waals surface area (Å²) < 4.78 is 11.2. The van der Waals surface area contributed by atoms with Gasteiger partial charge in [-0.2, -0.15) is 0 Å². The minimum atomic E-state index is -0.576. The number of furan rings is 1. The minimum absolute atomic E-state index is 0.0439. The number of amides is 2. The Hall–Kier alpha value is -2.76. The summed E-state index contributed by atoms with van der Waals surface area (Å²) in [6.45, 7) is 5.47. The van der Waals surface area contributed by atoms with Crippen LogP contribution in [0.5, 0.6) is 5.75 Å². The first-order valence-corrected chi connectivity index (χ1v) is 9.41. The summed E-state index contributed by atoms with van der Waals surface area (Å²) in [6, 6.07) is 10.5. The molecule has 6 nitrogen and oxygen atoms in total. The van der Waals surface area contributed by atoms with Crippen molar-refractivity contribution in [3.63, 3.8) is 0 Å². The smallest absolute Gasteiger partial charge is 0.287 e. The molecule has 1 aromatic carbocycles. The van der Waals surface area contributed by atoms with Crippen molar-refractivity contribution < 1.29 is 18.7 Å². The van der Waals surface area contributed by atoms with Crippen molar-refractivity contribution >= 4 is 11.8 Å². The second-order valence-corrected chi connectivity index (χ2v) is 6.95. The quantitative estimate of drug-likeness (QED) is 0.847. The first-order valence-electron chi connectivity index (χ1n) is 9.41. The number of carbonyl (C=O) groups is 2. The van der Waals surface area contributed by atoms with Gasteiger partial charge < -0.3 is 19.4 Å². The zero-order valence-corrected chi connectivity index (χ0v) is 15.9. The van der Waals surface area contributed by atoms with E-state index in [4.69, 9.17) is 9.15 Å². The molecule has 2 heterocycles. The van der Waals surface area contributed by atoms with Crippen LogP contribution in [0.1, 0.15) is 48.1 Å². The summed E-state index contributed by atoms with van der Waals surface area (Å²) in [5.41, 5.74) is 1.11. The largest absolute Gasteiger partial charge is 0.486 e. The van der Waals surface area contributed by atoms with E-state index in [1.807, 2.05) is 36.1 Å². The van der Waals surface area contributed by atoms with Gasteiger partial charge in [-0.1, -0.05) is 12.1 Å². The van der Waals surface area contributed by atoms with Crippen LogP contribution >= 0.6 is 0 Å². The van der Waals surface area contributed by atoms with E-state index in [1.54, 1.807) is 19.1 Å². The molecule has 2 amide bonds. The Morgan fingerprint density at radius 2 is 1.96 bits per heavy atom. The molecule has 27 heavy (non-hydrogen) atoms. The lowest BCUT2D eigenvalue weighted by Gasteiger charge is -2.29. The highest BCUT2D eigenvalue weighted by molar-refractivity contribution is 5.95. The monoisotopic (exact) mass is 370 g/mol. The number of ether oxygens (including phenoxy) is 1. The topological polar surface area (TPSA) is 71.8 Å². The van der Waals surface area contributed by atoms with Crippen molar-refractivity contribution in [3.05, 3.63) is 53.5 Å². The Bertz CT molecular complexity index is 793. The molecule has 1 aliphatic rings. The molecule has 1 unspecified atom stereocenters.